The van der Waals surface area contributed by atoms with Gasteiger partial charge in [0.25, 0.3) is 0 Å². The topological polar surface area (TPSA) is 42.8 Å². The van der Waals surface area contributed by atoms with E-state index in [0.717, 1.165) is 18.1 Å². The largest absolute Gasteiger partial charge is 0.483 e. The highest BCUT2D eigenvalue weighted by Crippen LogP contribution is 2.19. The first kappa shape index (κ1) is 11.9. The molecule has 0 saturated heterocycles. The molecule has 0 saturated carbocycles. The Morgan fingerprint density at radius 2 is 2.12 bits per heavy atom. The molecule has 0 aliphatic rings. The molecule has 0 aliphatic carbocycles. The lowest BCUT2D eigenvalue weighted by molar-refractivity contribution is 0.210. The zero-order chi connectivity index (χ0) is 12.3. The van der Waals surface area contributed by atoms with E-state index in [0.29, 0.717) is 4.77 Å². The summed E-state index contributed by atoms with van der Waals surface area (Å²) in [7, 11) is 0. The Bertz CT molecular complexity index is 532. The second kappa shape index (κ2) is 5.14. The molecule has 2 aromatic rings. The Kier molecular flexibility index (Phi) is 3.58. The van der Waals surface area contributed by atoms with Gasteiger partial charge in [0.15, 0.2) is 16.7 Å². The van der Waals surface area contributed by atoms with Gasteiger partial charge in [-0.1, -0.05) is 18.2 Å². The molecule has 1 heterocycles. The predicted octanol–water partition coefficient (Wildman–Crippen LogP) is 3.10. The third kappa shape index (κ3) is 2.55. The molecule has 90 valence electrons. The van der Waals surface area contributed by atoms with Crippen molar-refractivity contribution in [1.29, 1.82) is 0 Å². The van der Waals surface area contributed by atoms with Crippen LogP contribution in [-0.4, -0.2) is 14.8 Å². The average Bonchev–Trinajstić information content (AvgIpc) is 2.71. The van der Waals surface area contributed by atoms with Crippen LogP contribution in [-0.2, 0) is 6.54 Å². The van der Waals surface area contributed by atoms with Crippen LogP contribution in [0.25, 0.3) is 0 Å². The van der Waals surface area contributed by atoms with Crippen molar-refractivity contribution in [1.82, 2.24) is 14.8 Å². The second-order valence-corrected chi connectivity index (χ2v) is 4.09. The third-order valence-electron chi connectivity index (χ3n) is 2.52. The van der Waals surface area contributed by atoms with Crippen molar-refractivity contribution in [2.45, 2.75) is 26.5 Å². The SMILES string of the molecule is CCn1c([C@@H](C)Oc2ccccc2)n[nH]c1=S. The maximum Gasteiger partial charge on any atom is 0.195 e. The fourth-order valence-corrected chi connectivity index (χ4v) is 1.97. The molecule has 0 radical (unpaired) electrons. The van der Waals surface area contributed by atoms with Crippen molar-refractivity contribution in [2.24, 2.45) is 0 Å². The molecule has 5 heteroatoms. The summed E-state index contributed by atoms with van der Waals surface area (Å²) in [6.45, 7) is 4.78. The molecule has 1 N–H and O–H groups in total. The van der Waals surface area contributed by atoms with Gasteiger partial charge in [0.2, 0.25) is 0 Å². The Balaban J connectivity index is 2.20. The van der Waals surface area contributed by atoms with Crippen molar-refractivity contribution in [3.05, 3.63) is 40.9 Å². The molecular formula is C12H15N3OS. The third-order valence-corrected chi connectivity index (χ3v) is 2.84. The van der Waals surface area contributed by atoms with Gasteiger partial charge in [-0.25, -0.2) is 0 Å². The van der Waals surface area contributed by atoms with Crippen molar-refractivity contribution in [3.8, 4) is 5.75 Å². The van der Waals surface area contributed by atoms with E-state index in [2.05, 4.69) is 10.2 Å². The molecular weight excluding hydrogens is 234 g/mol. The molecule has 2 rings (SSSR count). The lowest BCUT2D eigenvalue weighted by Crippen LogP contribution is -2.11. The van der Waals surface area contributed by atoms with Crippen LogP contribution in [0.3, 0.4) is 0 Å². The van der Waals surface area contributed by atoms with Crippen LogP contribution < -0.4 is 4.74 Å². The van der Waals surface area contributed by atoms with Crippen LogP contribution >= 0.6 is 12.2 Å². The van der Waals surface area contributed by atoms with E-state index in [1.807, 2.05) is 48.7 Å². The molecule has 0 bridgehead atoms. The molecule has 1 atom stereocenters. The Morgan fingerprint density at radius 3 is 2.76 bits per heavy atom. The minimum Gasteiger partial charge on any atom is -0.483 e. The van der Waals surface area contributed by atoms with Gasteiger partial charge in [-0.05, 0) is 38.2 Å². The van der Waals surface area contributed by atoms with Crippen molar-refractivity contribution >= 4 is 12.2 Å². The lowest BCUT2D eigenvalue weighted by Gasteiger charge is -2.14. The minimum atomic E-state index is -0.134. The van der Waals surface area contributed by atoms with Crippen LogP contribution in [0.1, 0.15) is 25.8 Å². The maximum atomic E-state index is 5.81. The van der Waals surface area contributed by atoms with E-state index in [-0.39, 0.29) is 6.10 Å². The van der Waals surface area contributed by atoms with E-state index >= 15 is 0 Å². The number of hydrogen-bond donors (Lipinski definition) is 1. The molecule has 4 nitrogen and oxygen atoms in total. The first-order valence-electron chi connectivity index (χ1n) is 5.59. The van der Waals surface area contributed by atoms with Gasteiger partial charge in [0.05, 0.1) is 0 Å². The minimum absolute atomic E-state index is 0.134. The number of rotatable bonds is 4. The normalized spacial score (nSPS) is 12.4. The summed E-state index contributed by atoms with van der Waals surface area (Å²) < 4.78 is 8.37. The summed E-state index contributed by atoms with van der Waals surface area (Å²) in [4.78, 5) is 0. The Morgan fingerprint density at radius 1 is 1.41 bits per heavy atom. The zero-order valence-electron chi connectivity index (χ0n) is 9.88. The number of benzene rings is 1. The monoisotopic (exact) mass is 249 g/mol. The van der Waals surface area contributed by atoms with Gasteiger partial charge in [0, 0.05) is 6.54 Å². The van der Waals surface area contributed by atoms with E-state index < -0.39 is 0 Å². The van der Waals surface area contributed by atoms with Crippen LogP contribution in [0.15, 0.2) is 30.3 Å². The van der Waals surface area contributed by atoms with Crippen LogP contribution in [0.5, 0.6) is 5.75 Å². The number of aromatic nitrogens is 3. The highest BCUT2D eigenvalue weighted by atomic mass is 32.1. The highest BCUT2D eigenvalue weighted by Gasteiger charge is 2.14. The number of para-hydroxylation sites is 1. The summed E-state index contributed by atoms with van der Waals surface area (Å²) in [6.07, 6.45) is -0.134. The zero-order valence-corrected chi connectivity index (χ0v) is 10.7. The van der Waals surface area contributed by atoms with E-state index in [4.69, 9.17) is 17.0 Å². The van der Waals surface area contributed by atoms with Crippen molar-refractivity contribution in [2.75, 3.05) is 0 Å². The van der Waals surface area contributed by atoms with E-state index in [1.54, 1.807) is 0 Å². The average molecular weight is 249 g/mol. The van der Waals surface area contributed by atoms with E-state index in [1.165, 1.54) is 0 Å². The molecule has 0 fully saturated rings. The first-order valence-corrected chi connectivity index (χ1v) is 6.00. The molecule has 0 unspecified atom stereocenters. The quantitative estimate of drug-likeness (QED) is 0.847. The maximum absolute atomic E-state index is 5.81. The Hall–Kier alpha value is -1.62. The van der Waals surface area contributed by atoms with Crippen molar-refractivity contribution < 1.29 is 4.74 Å². The van der Waals surface area contributed by atoms with Crippen LogP contribution in [0.4, 0.5) is 0 Å². The van der Waals surface area contributed by atoms with Gasteiger partial charge in [0.1, 0.15) is 5.75 Å². The summed E-state index contributed by atoms with van der Waals surface area (Å²) in [5, 5.41) is 6.99. The molecule has 1 aromatic heterocycles. The lowest BCUT2D eigenvalue weighted by atomic mass is 10.3. The molecule has 0 aliphatic heterocycles. The van der Waals surface area contributed by atoms with Gasteiger partial charge in [-0.2, -0.15) is 5.10 Å². The standard InChI is InChI=1S/C12H15N3OS/c1-3-15-11(13-14-12(15)17)9(2)16-10-7-5-4-6-8-10/h4-9H,3H2,1-2H3,(H,14,17)/t9-/m1/s1. The van der Waals surface area contributed by atoms with Gasteiger partial charge >= 0.3 is 0 Å². The van der Waals surface area contributed by atoms with Gasteiger partial charge < -0.3 is 9.30 Å². The first-order chi connectivity index (χ1) is 8.22. The Labute approximate surface area is 105 Å². The number of ether oxygens (including phenoxy) is 1. The fourth-order valence-electron chi connectivity index (χ4n) is 1.70. The summed E-state index contributed by atoms with van der Waals surface area (Å²) in [5.74, 6) is 1.65. The highest BCUT2D eigenvalue weighted by molar-refractivity contribution is 7.71. The number of hydrogen-bond acceptors (Lipinski definition) is 3. The van der Waals surface area contributed by atoms with Gasteiger partial charge in [-0.15, -0.1) is 0 Å². The number of aromatic amines is 1. The van der Waals surface area contributed by atoms with Crippen LogP contribution in [0, 0.1) is 4.77 Å². The molecule has 0 amide bonds. The molecule has 17 heavy (non-hydrogen) atoms. The summed E-state index contributed by atoms with van der Waals surface area (Å²) in [6, 6.07) is 9.69. The van der Waals surface area contributed by atoms with Crippen LogP contribution in [0.2, 0.25) is 0 Å². The molecule has 0 spiro atoms. The summed E-state index contributed by atoms with van der Waals surface area (Å²) >= 11 is 5.15. The predicted molar refractivity (Wildman–Crippen MR) is 68.6 cm³/mol. The number of nitrogens with zero attached hydrogens (tertiary/aromatic N) is 2. The molecule has 1 aromatic carbocycles. The second-order valence-electron chi connectivity index (χ2n) is 3.70. The van der Waals surface area contributed by atoms with Gasteiger partial charge in [-0.3, -0.25) is 5.10 Å². The summed E-state index contributed by atoms with van der Waals surface area (Å²) in [5.41, 5.74) is 0. The van der Waals surface area contributed by atoms with E-state index in [9.17, 15) is 0 Å². The fraction of sp³-hybridized carbons (Fsp3) is 0.333. The smallest absolute Gasteiger partial charge is 0.195 e. The number of H-pyrrole nitrogens is 1. The van der Waals surface area contributed by atoms with Crippen molar-refractivity contribution in [3.63, 3.8) is 0 Å². The number of nitrogens with one attached hydrogen (secondary N) is 1.